The summed E-state index contributed by atoms with van der Waals surface area (Å²) in [6.07, 6.45) is 1.04. The van der Waals surface area contributed by atoms with E-state index in [1.807, 2.05) is 13.8 Å². The zero-order chi connectivity index (χ0) is 11.1. The van der Waals surface area contributed by atoms with Gasteiger partial charge in [0.2, 0.25) is 0 Å². The van der Waals surface area contributed by atoms with Gasteiger partial charge >= 0.3 is 0 Å². The number of ether oxygens (including phenoxy) is 1. The summed E-state index contributed by atoms with van der Waals surface area (Å²) >= 11 is 0. The van der Waals surface area contributed by atoms with Gasteiger partial charge in [-0.2, -0.15) is 0 Å². The lowest BCUT2D eigenvalue weighted by Crippen LogP contribution is -2.43. The van der Waals surface area contributed by atoms with Crippen molar-refractivity contribution in [2.45, 2.75) is 44.5 Å². The minimum Gasteiger partial charge on any atom is -0.377 e. The zero-order valence-corrected chi connectivity index (χ0v) is 9.63. The molecule has 2 aliphatic rings. The summed E-state index contributed by atoms with van der Waals surface area (Å²) in [5.74, 6) is 0. The highest BCUT2D eigenvalue weighted by Crippen LogP contribution is 2.42. The largest absolute Gasteiger partial charge is 0.377 e. The molecule has 0 spiro atoms. The number of halogens is 1. The maximum absolute atomic E-state index is 13.4. The van der Waals surface area contributed by atoms with Crippen molar-refractivity contribution in [2.24, 2.45) is 0 Å². The summed E-state index contributed by atoms with van der Waals surface area (Å²) in [4.78, 5) is 2.21. The Labute approximate surface area is 91.1 Å². The molecule has 0 aliphatic carbocycles. The van der Waals surface area contributed by atoms with E-state index in [1.54, 1.807) is 0 Å². The smallest absolute Gasteiger partial charge is 0.115 e. The highest BCUT2D eigenvalue weighted by atomic mass is 19.1. The summed E-state index contributed by atoms with van der Waals surface area (Å²) < 4.78 is 19.1. The number of nitrogens with zero attached hydrogens (tertiary/aromatic N) is 1. The average Bonchev–Trinajstić information content (AvgIpc) is 2.53. The molecule has 2 saturated heterocycles. The van der Waals surface area contributed by atoms with Crippen LogP contribution in [0.1, 0.15) is 26.7 Å². The molecule has 0 saturated carbocycles. The molecule has 0 amide bonds. The van der Waals surface area contributed by atoms with Gasteiger partial charge in [0.25, 0.3) is 0 Å². The quantitative estimate of drug-likeness (QED) is 0.666. The van der Waals surface area contributed by atoms with E-state index in [4.69, 9.17) is 4.74 Å². The highest BCUT2D eigenvalue weighted by molar-refractivity contribution is 5.19. The molecular weight excluding hydrogens is 193 g/mol. The number of alkyl halides is 1. The number of rotatable bonds is 3. The molecule has 0 aromatic rings. The minimum absolute atomic E-state index is 0.0826. The number of hydrogen-bond donors (Lipinski definition) is 0. The zero-order valence-electron chi connectivity index (χ0n) is 9.63. The third-order valence-corrected chi connectivity index (χ3v) is 3.37. The van der Waals surface area contributed by atoms with E-state index in [9.17, 15) is 4.39 Å². The Kier molecular flexibility index (Phi) is 2.86. The van der Waals surface area contributed by atoms with Crippen LogP contribution in [0.15, 0.2) is 12.2 Å². The standard InChI is InChI=1S/C12H20FNO/c1-9(2)15-8-12-4-10(3)6-14(12)7-11(13)5-12/h9,11H,3-8H2,1-2H3. The molecule has 2 rings (SSSR count). The second-order valence-corrected chi connectivity index (χ2v) is 5.19. The van der Waals surface area contributed by atoms with Crippen molar-refractivity contribution in [3.63, 3.8) is 0 Å². The van der Waals surface area contributed by atoms with Crippen LogP contribution in [0.2, 0.25) is 0 Å². The predicted molar refractivity (Wildman–Crippen MR) is 58.7 cm³/mol. The van der Waals surface area contributed by atoms with Crippen molar-refractivity contribution in [1.82, 2.24) is 4.90 Å². The van der Waals surface area contributed by atoms with E-state index in [1.165, 1.54) is 5.57 Å². The van der Waals surface area contributed by atoms with Gasteiger partial charge in [0, 0.05) is 19.5 Å². The first-order valence-electron chi connectivity index (χ1n) is 5.69. The molecular formula is C12H20FNO. The van der Waals surface area contributed by atoms with Gasteiger partial charge in [0.1, 0.15) is 6.17 Å². The van der Waals surface area contributed by atoms with Gasteiger partial charge in [0.05, 0.1) is 18.2 Å². The van der Waals surface area contributed by atoms with Crippen LogP contribution in [-0.2, 0) is 4.74 Å². The fraction of sp³-hybridized carbons (Fsp3) is 0.833. The molecule has 86 valence electrons. The van der Waals surface area contributed by atoms with Gasteiger partial charge in [-0.15, -0.1) is 0 Å². The predicted octanol–water partition coefficient (Wildman–Crippen LogP) is 2.15. The average molecular weight is 213 g/mol. The van der Waals surface area contributed by atoms with Crippen molar-refractivity contribution in [3.05, 3.63) is 12.2 Å². The normalized spacial score (nSPS) is 36.5. The van der Waals surface area contributed by atoms with E-state index in [0.717, 1.165) is 13.0 Å². The lowest BCUT2D eigenvalue weighted by molar-refractivity contribution is 0.00295. The lowest BCUT2D eigenvalue weighted by atomic mass is 9.93. The molecule has 0 radical (unpaired) electrons. The Hall–Kier alpha value is -0.410. The molecule has 2 unspecified atom stereocenters. The molecule has 0 N–H and O–H groups in total. The molecule has 2 aliphatic heterocycles. The van der Waals surface area contributed by atoms with Crippen LogP contribution in [0.4, 0.5) is 4.39 Å². The third-order valence-electron chi connectivity index (χ3n) is 3.37. The fourth-order valence-electron chi connectivity index (χ4n) is 2.77. The van der Waals surface area contributed by atoms with Gasteiger partial charge in [-0.1, -0.05) is 12.2 Å². The van der Waals surface area contributed by atoms with Gasteiger partial charge in [0.15, 0.2) is 0 Å². The Bertz CT molecular complexity index is 266. The fourth-order valence-corrected chi connectivity index (χ4v) is 2.77. The Balaban J connectivity index is 2.05. The minimum atomic E-state index is -0.686. The Morgan fingerprint density at radius 1 is 1.67 bits per heavy atom. The Morgan fingerprint density at radius 3 is 3.07 bits per heavy atom. The second kappa shape index (κ2) is 3.87. The molecule has 3 heteroatoms. The van der Waals surface area contributed by atoms with E-state index in [0.29, 0.717) is 19.6 Å². The molecule has 0 bridgehead atoms. The molecule has 2 fully saturated rings. The van der Waals surface area contributed by atoms with E-state index >= 15 is 0 Å². The summed E-state index contributed by atoms with van der Waals surface area (Å²) in [7, 11) is 0. The van der Waals surface area contributed by atoms with Crippen molar-refractivity contribution in [3.8, 4) is 0 Å². The van der Waals surface area contributed by atoms with Crippen LogP contribution in [0.5, 0.6) is 0 Å². The maximum Gasteiger partial charge on any atom is 0.115 e. The maximum atomic E-state index is 13.4. The highest BCUT2D eigenvalue weighted by Gasteiger charge is 2.50. The van der Waals surface area contributed by atoms with Crippen LogP contribution >= 0.6 is 0 Å². The first kappa shape index (κ1) is 11.1. The van der Waals surface area contributed by atoms with Crippen LogP contribution < -0.4 is 0 Å². The van der Waals surface area contributed by atoms with E-state index < -0.39 is 6.17 Å². The second-order valence-electron chi connectivity index (χ2n) is 5.19. The molecule has 15 heavy (non-hydrogen) atoms. The molecule has 0 aromatic heterocycles. The van der Waals surface area contributed by atoms with Crippen molar-refractivity contribution in [2.75, 3.05) is 19.7 Å². The Morgan fingerprint density at radius 2 is 2.40 bits per heavy atom. The summed E-state index contributed by atoms with van der Waals surface area (Å²) in [6, 6.07) is 0. The van der Waals surface area contributed by atoms with Crippen molar-refractivity contribution < 1.29 is 9.13 Å². The van der Waals surface area contributed by atoms with Crippen LogP contribution in [-0.4, -0.2) is 42.4 Å². The van der Waals surface area contributed by atoms with Crippen LogP contribution in [0, 0.1) is 0 Å². The van der Waals surface area contributed by atoms with Crippen LogP contribution in [0.25, 0.3) is 0 Å². The first-order valence-corrected chi connectivity index (χ1v) is 5.69. The summed E-state index contributed by atoms with van der Waals surface area (Å²) in [5.41, 5.74) is 1.13. The molecule has 2 atom stereocenters. The van der Waals surface area contributed by atoms with Gasteiger partial charge < -0.3 is 4.74 Å². The van der Waals surface area contributed by atoms with Crippen molar-refractivity contribution in [1.29, 1.82) is 0 Å². The molecule has 2 nitrogen and oxygen atoms in total. The number of hydrogen-bond acceptors (Lipinski definition) is 2. The van der Waals surface area contributed by atoms with Gasteiger partial charge in [-0.25, -0.2) is 4.39 Å². The molecule has 2 heterocycles. The van der Waals surface area contributed by atoms with Crippen molar-refractivity contribution >= 4 is 0 Å². The summed E-state index contributed by atoms with van der Waals surface area (Å²) in [6.45, 7) is 10.1. The first-order chi connectivity index (χ1) is 7.02. The third kappa shape index (κ3) is 2.08. The topological polar surface area (TPSA) is 12.5 Å². The SMILES string of the molecule is C=C1CN2CC(F)CC2(COC(C)C)C1. The number of fused-ring (bicyclic) bond motifs is 1. The monoisotopic (exact) mass is 213 g/mol. The van der Waals surface area contributed by atoms with Gasteiger partial charge in [-0.05, 0) is 20.3 Å². The molecule has 0 aromatic carbocycles. The summed E-state index contributed by atoms with van der Waals surface area (Å²) in [5, 5.41) is 0. The van der Waals surface area contributed by atoms with E-state index in [2.05, 4.69) is 11.5 Å². The van der Waals surface area contributed by atoms with E-state index in [-0.39, 0.29) is 11.6 Å². The van der Waals surface area contributed by atoms with Crippen LogP contribution in [0.3, 0.4) is 0 Å². The van der Waals surface area contributed by atoms with Gasteiger partial charge in [-0.3, -0.25) is 4.90 Å². The lowest BCUT2D eigenvalue weighted by Gasteiger charge is -2.31.